The Morgan fingerprint density at radius 3 is 2.87 bits per heavy atom. The summed E-state index contributed by atoms with van der Waals surface area (Å²) >= 11 is 5.49. The summed E-state index contributed by atoms with van der Waals surface area (Å²) in [6.45, 7) is 2.12. The van der Waals surface area contributed by atoms with Gasteiger partial charge in [0.1, 0.15) is 5.82 Å². The Morgan fingerprint density at radius 1 is 1.47 bits per heavy atom. The van der Waals surface area contributed by atoms with Crippen molar-refractivity contribution >= 4 is 39.5 Å². The van der Waals surface area contributed by atoms with Gasteiger partial charge in [0, 0.05) is 37.8 Å². The lowest BCUT2D eigenvalue weighted by molar-refractivity contribution is 0.832. The molecule has 0 spiro atoms. The number of nitrogens with one attached hydrogen (secondary N) is 1. The Labute approximate surface area is 102 Å². The molecule has 0 saturated carbocycles. The zero-order valence-corrected chi connectivity index (χ0v) is 10.9. The molecule has 6 heteroatoms. The van der Waals surface area contributed by atoms with E-state index in [0.717, 1.165) is 23.4 Å². The minimum Gasteiger partial charge on any atom is -0.357 e. The van der Waals surface area contributed by atoms with Gasteiger partial charge in [0.2, 0.25) is 5.95 Å². The van der Waals surface area contributed by atoms with Crippen molar-refractivity contribution in [2.24, 2.45) is 0 Å². The Bertz CT molecular complexity index is 341. The molecule has 1 aromatic rings. The lowest BCUT2D eigenvalue weighted by Crippen LogP contribution is -2.33. The molecule has 0 unspecified atom stereocenters. The van der Waals surface area contributed by atoms with Crippen molar-refractivity contribution in [3.05, 3.63) is 10.7 Å². The van der Waals surface area contributed by atoms with Gasteiger partial charge in [-0.3, -0.25) is 0 Å². The summed E-state index contributed by atoms with van der Waals surface area (Å²) < 4.78 is 0.966. The molecule has 1 fully saturated rings. The molecule has 1 aliphatic rings. The third-order valence-electron chi connectivity index (χ3n) is 2.26. The average Bonchev–Trinajstić information content (AvgIpc) is 2.31. The van der Waals surface area contributed by atoms with Crippen LogP contribution in [-0.2, 0) is 0 Å². The Morgan fingerprint density at radius 2 is 2.20 bits per heavy atom. The highest BCUT2D eigenvalue weighted by Gasteiger charge is 2.15. The number of hydrogen-bond donors (Lipinski definition) is 1. The maximum Gasteiger partial charge on any atom is 0.224 e. The van der Waals surface area contributed by atoms with E-state index >= 15 is 0 Å². The molecule has 1 aromatic heterocycles. The van der Waals surface area contributed by atoms with E-state index in [4.69, 9.17) is 0 Å². The molecule has 4 nitrogen and oxygen atoms in total. The molecule has 0 radical (unpaired) electrons. The molecule has 15 heavy (non-hydrogen) atoms. The average molecular weight is 289 g/mol. The SMILES string of the molecule is CNc1ncc(Br)c(N2CCSCC2)n1. The van der Waals surface area contributed by atoms with Gasteiger partial charge in [-0.1, -0.05) is 0 Å². The fraction of sp³-hybridized carbons (Fsp3) is 0.556. The van der Waals surface area contributed by atoms with E-state index in [1.807, 2.05) is 18.8 Å². The molecule has 2 rings (SSSR count). The van der Waals surface area contributed by atoms with Gasteiger partial charge in [0.25, 0.3) is 0 Å². The molecule has 0 aromatic carbocycles. The summed E-state index contributed by atoms with van der Waals surface area (Å²) in [6, 6.07) is 0. The summed E-state index contributed by atoms with van der Waals surface area (Å²) in [5, 5.41) is 2.96. The van der Waals surface area contributed by atoms with E-state index in [1.54, 1.807) is 6.20 Å². The van der Waals surface area contributed by atoms with Crippen molar-refractivity contribution in [1.82, 2.24) is 9.97 Å². The Hall–Kier alpha value is -0.490. The van der Waals surface area contributed by atoms with Crippen LogP contribution in [0.2, 0.25) is 0 Å². The fourth-order valence-corrected chi connectivity index (χ4v) is 2.82. The van der Waals surface area contributed by atoms with Gasteiger partial charge in [-0.25, -0.2) is 4.98 Å². The minimum atomic E-state index is 0.673. The minimum absolute atomic E-state index is 0.673. The third kappa shape index (κ3) is 2.55. The van der Waals surface area contributed by atoms with Crippen molar-refractivity contribution in [2.45, 2.75) is 0 Å². The fourth-order valence-electron chi connectivity index (χ4n) is 1.48. The highest BCUT2D eigenvalue weighted by Crippen LogP contribution is 2.26. The summed E-state index contributed by atoms with van der Waals surface area (Å²) in [5.74, 6) is 4.01. The molecule has 2 heterocycles. The van der Waals surface area contributed by atoms with Crippen LogP contribution in [0.5, 0.6) is 0 Å². The van der Waals surface area contributed by atoms with Crippen LogP contribution in [0, 0.1) is 0 Å². The normalized spacial score (nSPS) is 16.5. The van der Waals surface area contributed by atoms with Gasteiger partial charge in [-0.05, 0) is 15.9 Å². The lowest BCUT2D eigenvalue weighted by Gasteiger charge is -2.28. The van der Waals surface area contributed by atoms with Gasteiger partial charge in [-0.15, -0.1) is 0 Å². The molecule has 1 N–H and O–H groups in total. The van der Waals surface area contributed by atoms with E-state index in [9.17, 15) is 0 Å². The second-order valence-corrected chi connectivity index (χ2v) is 5.29. The Kier molecular flexibility index (Phi) is 3.69. The number of nitrogens with zero attached hydrogens (tertiary/aromatic N) is 3. The van der Waals surface area contributed by atoms with Crippen molar-refractivity contribution in [2.75, 3.05) is 41.9 Å². The van der Waals surface area contributed by atoms with Crippen molar-refractivity contribution in [3.8, 4) is 0 Å². The topological polar surface area (TPSA) is 41.1 Å². The van der Waals surface area contributed by atoms with Crippen LogP contribution in [0.25, 0.3) is 0 Å². The van der Waals surface area contributed by atoms with Crippen LogP contribution in [-0.4, -0.2) is 41.6 Å². The first-order valence-electron chi connectivity index (χ1n) is 4.84. The van der Waals surface area contributed by atoms with E-state index in [1.165, 1.54) is 11.5 Å². The smallest absolute Gasteiger partial charge is 0.224 e. The van der Waals surface area contributed by atoms with Gasteiger partial charge < -0.3 is 10.2 Å². The van der Waals surface area contributed by atoms with E-state index in [-0.39, 0.29) is 0 Å². The van der Waals surface area contributed by atoms with Crippen LogP contribution in [0.3, 0.4) is 0 Å². The highest BCUT2D eigenvalue weighted by atomic mass is 79.9. The van der Waals surface area contributed by atoms with Crippen molar-refractivity contribution in [3.63, 3.8) is 0 Å². The molecule has 82 valence electrons. The molecular formula is C9H13BrN4S. The predicted octanol–water partition coefficient (Wildman–Crippen LogP) is 1.83. The van der Waals surface area contributed by atoms with Crippen molar-refractivity contribution < 1.29 is 0 Å². The summed E-state index contributed by atoms with van der Waals surface area (Å²) in [5.41, 5.74) is 0. The number of hydrogen-bond acceptors (Lipinski definition) is 5. The third-order valence-corrected chi connectivity index (χ3v) is 3.76. The number of halogens is 1. The molecule has 0 bridgehead atoms. The van der Waals surface area contributed by atoms with E-state index in [0.29, 0.717) is 5.95 Å². The number of anilines is 2. The van der Waals surface area contributed by atoms with Crippen LogP contribution in [0.15, 0.2) is 10.7 Å². The largest absolute Gasteiger partial charge is 0.357 e. The zero-order chi connectivity index (χ0) is 10.7. The predicted molar refractivity (Wildman–Crippen MR) is 68.8 cm³/mol. The summed E-state index contributed by atoms with van der Waals surface area (Å²) in [6.07, 6.45) is 1.80. The van der Waals surface area contributed by atoms with E-state index in [2.05, 4.69) is 36.1 Å². The molecular weight excluding hydrogens is 276 g/mol. The second kappa shape index (κ2) is 5.03. The van der Waals surface area contributed by atoms with Crippen molar-refractivity contribution in [1.29, 1.82) is 0 Å². The standard InChI is InChI=1S/C9H13BrN4S/c1-11-9-12-6-7(10)8(13-9)14-2-4-15-5-3-14/h6H,2-5H2,1H3,(H,11,12,13). The number of rotatable bonds is 2. The molecule has 0 atom stereocenters. The van der Waals surface area contributed by atoms with Crippen LogP contribution in [0.4, 0.5) is 11.8 Å². The van der Waals surface area contributed by atoms with Gasteiger partial charge in [-0.2, -0.15) is 16.7 Å². The van der Waals surface area contributed by atoms with Gasteiger partial charge in [0.15, 0.2) is 0 Å². The first kappa shape index (κ1) is 11.0. The molecule has 1 saturated heterocycles. The first-order chi connectivity index (χ1) is 7.31. The maximum atomic E-state index is 4.46. The number of thioether (sulfide) groups is 1. The van der Waals surface area contributed by atoms with Gasteiger partial charge >= 0.3 is 0 Å². The maximum absolute atomic E-state index is 4.46. The summed E-state index contributed by atoms with van der Waals surface area (Å²) in [4.78, 5) is 10.9. The summed E-state index contributed by atoms with van der Waals surface area (Å²) in [7, 11) is 1.83. The Balaban J connectivity index is 2.24. The van der Waals surface area contributed by atoms with Gasteiger partial charge in [0.05, 0.1) is 4.47 Å². The quantitative estimate of drug-likeness (QED) is 0.899. The van der Waals surface area contributed by atoms with Crippen LogP contribution in [0.1, 0.15) is 0 Å². The monoisotopic (exact) mass is 288 g/mol. The number of aromatic nitrogens is 2. The highest BCUT2D eigenvalue weighted by molar-refractivity contribution is 9.10. The van der Waals surface area contributed by atoms with E-state index < -0.39 is 0 Å². The van der Waals surface area contributed by atoms with Crippen LogP contribution >= 0.6 is 27.7 Å². The van der Waals surface area contributed by atoms with Crippen LogP contribution < -0.4 is 10.2 Å². The second-order valence-electron chi connectivity index (χ2n) is 3.21. The molecule has 0 aliphatic carbocycles. The molecule has 0 amide bonds. The molecule has 1 aliphatic heterocycles. The first-order valence-corrected chi connectivity index (χ1v) is 6.79. The lowest BCUT2D eigenvalue weighted by atomic mass is 10.4. The zero-order valence-electron chi connectivity index (χ0n) is 8.53.